The first-order chi connectivity index (χ1) is 8.35. The van der Waals surface area contributed by atoms with Crippen LogP contribution in [0.5, 0.6) is 0 Å². The lowest BCUT2D eigenvalue weighted by molar-refractivity contribution is -0.169. The second-order valence-corrected chi connectivity index (χ2v) is 5.12. The summed E-state index contributed by atoms with van der Waals surface area (Å²) >= 11 is 1.67. The van der Waals surface area contributed by atoms with Crippen LogP contribution in [0.4, 0.5) is 4.39 Å². The fourth-order valence-corrected chi connectivity index (χ4v) is 2.21. The largest absolute Gasteiger partial charge is 0.394 e. The molecule has 0 aliphatic carbocycles. The van der Waals surface area contributed by atoms with Crippen LogP contribution in [0, 0.1) is 3.57 Å². The number of ether oxygens (including phenoxy) is 1. The topological polar surface area (TPSA) is 105 Å². The summed E-state index contributed by atoms with van der Waals surface area (Å²) in [5, 5.41) is 18.4. The van der Waals surface area contributed by atoms with Crippen molar-refractivity contribution in [1.29, 1.82) is 0 Å². The highest BCUT2D eigenvalue weighted by Gasteiger charge is 2.49. The van der Waals surface area contributed by atoms with Gasteiger partial charge in [-0.05, 0) is 22.6 Å². The van der Waals surface area contributed by atoms with Crippen molar-refractivity contribution in [3.63, 3.8) is 0 Å². The molecule has 3 N–H and O–H groups in total. The molecule has 1 aromatic heterocycles. The Morgan fingerprint density at radius 1 is 1.67 bits per heavy atom. The number of aromatic amines is 1. The molecular formula is C9H10FIN2O5. The summed E-state index contributed by atoms with van der Waals surface area (Å²) in [4.78, 5) is 24.7. The van der Waals surface area contributed by atoms with Gasteiger partial charge in [0.2, 0.25) is 0 Å². The van der Waals surface area contributed by atoms with Gasteiger partial charge in [-0.25, -0.2) is 9.18 Å². The third-order valence-corrected chi connectivity index (χ3v) is 3.36. The summed E-state index contributed by atoms with van der Waals surface area (Å²) in [7, 11) is 0. The van der Waals surface area contributed by atoms with Crippen molar-refractivity contribution in [2.24, 2.45) is 0 Å². The van der Waals surface area contributed by atoms with Gasteiger partial charge in [0, 0.05) is 12.6 Å². The van der Waals surface area contributed by atoms with Crippen molar-refractivity contribution in [3.8, 4) is 0 Å². The molecule has 1 fully saturated rings. The minimum absolute atomic E-state index is 0.152. The van der Waals surface area contributed by atoms with Crippen LogP contribution in [0.3, 0.4) is 0 Å². The fourth-order valence-electron chi connectivity index (χ4n) is 1.78. The van der Waals surface area contributed by atoms with E-state index in [1.807, 2.05) is 4.98 Å². The minimum atomic E-state index is -2.78. The Bertz CT molecular complexity index is 569. The van der Waals surface area contributed by atoms with Crippen molar-refractivity contribution >= 4 is 22.6 Å². The molecule has 2 rings (SSSR count). The number of alkyl halides is 1. The maximum absolute atomic E-state index is 13.9. The van der Waals surface area contributed by atoms with Crippen molar-refractivity contribution < 1.29 is 19.3 Å². The van der Waals surface area contributed by atoms with Gasteiger partial charge < -0.3 is 14.9 Å². The van der Waals surface area contributed by atoms with E-state index in [9.17, 15) is 19.1 Å². The van der Waals surface area contributed by atoms with Gasteiger partial charge in [-0.3, -0.25) is 14.3 Å². The van der Waals surface area contributed by atoms with Gasteiger partial charge in [0.25, 0.3) is 11.4 Å². The molecule has 0 radical (unpaired) electrons. The quantitative estimate of drug-likeness (QED) is 0.583. The fraction of sp³-hybridized carbons (Fsp3) is 0.556. The van der Waals surface area contributed by atoms with Gasteiger partial charge in [-0.2, -0.15) is 0 Å². The van der Waals surface area contributed by atoms with E-state index in [1.54, 1.807) is 22.6 Å². The SMILES string of the molecule is O=c1[nH]c(=O)n([C@@H]2O[C@H](CO)C[C@@]2(O)F)cc1I. The van der Waals surface area contributed by atoms with Crippen LogP contribution in [-0.2, 0) is 4.74 Å². The Morgan fingerprint density at radius 3 is 2.89 bits per heavy atom. The van der Waals surface area contributed by atoms with E-state index in [0.29, 0.717) is 0 Å². The lowest BCUT2D eigenvalue weighted by Gasteiger charge is -2.21. The van der Waals surface area contributed by atoms with E-state index in [2.05, 4.69) is 0 Å². The Balaban J connectivity index is 2.46. The van der Waals surface area contributed by atoms with Crippen LogP contribution >= 0.6 is 22.6 Å². The zero-order chi connectivity index (χ0) is 13.5. The standard InChI is InChI=1S/C9H10FIN2O5/c10-9(17)1-4(3-14)18-7(9)13-2-5(11)6(15)12-8(13)16/h2,4,7,14,17H,1,3H2,(H,12,15,16)/t4-,7+,9-/m0/s1. The van der Waals surface area contributed by atoms with Crippen molar-refractivity contribution in [3.05, 3.63) is 30.6 Å². The summed E-state index contributed by atoms with van der Waals surface area (Å²) in [5.41, 5.74) is -1.49. The summed E-state index contributed by atoms with van der Waals surface area (Å²) in [6.07, 6.45) is -1.85. The molecule has 0 spiro atoms. The number of hydrogen-bond acceptors (Lipinski definition) is 5. The zero-order valence-corrected chi connectivity index (χ0v) is 11.1. The number of hydrogen-bond donors (Lipinski definition) is 3. The predicted octanol–water partition coefficient (Wildman–Crippen LogP) is -0.921. The molecule has 1 aliphatic heterocycles. The van der Waals surface area contributed by atoms with Gasteiger partial charge in [0.05, 0.1) is 16.3 Å². The van der Waals surface area contributed by atoms with E-state index in [4.69, 9.17) is 9.84 Å². The smallest absolute Gasteiger partial charge is 0.330 e. The summed E-state index contributed by atoms with van der Waals surface area (Å²) in [6, 6.07) is 0. The van der Waals surface area contributed by atoms with Crippen LogP contribution in [0.1, 0.15) is 12.6 Å². The monoisotopic (exact) mass is 372 g/mol. The first kappa shape index (κ1) is 13.6. The second kappa shape index (κ2) is 4.72. The average Bonchev–Trinajstić information content (AvgIpc) is 2.59. The lowest BCUT2D eigenvalue weighted by Crippen LogP contribution is -2.40. The number of halogens is 2. The van der Waals surface area contributed by atoms with Crippen molar-refractivity contribution in [2.75, 3.05) is 6.61 Å². The van der Waals surface area contributed by atoms with Gasteiger partial charge in [0.1, 0.15) is 0 Å². The maximum Gasteiger partial charge on any atom is 0.330 e. The van der Waals surface area contributed by atoms with E-state index in [-0.39, 0.29) is 3.57 Å². The van der Waals surface area contributed by atoms with E-state index in [1.165, 1.54) is 0 Å². The predicted molar refractivity (Wildman–Crippen MR) is 65.7 cm³/mol. The highest BCUT2D eigenvalue weighted by Crippen LogP contribution is 2.38. The molecule has 7 nitrogen and oxygen atoms in total. The highest BCUT2D eigenvalue weighted by atomic mass is 127. The maximum atomic E-state index is 13.9. The molecular weight excluding hydrogens is 362 g/mol. The van der Waals surface area contributed by atoms with Crippen molar-refractivity contribution in [1.82, 2.24) is 9.55 Å². The minimum Gasteiger partial charge on any atom is -0.394 e. The lowest BCUT2D eigenvalue weighted by atomic mass is 10.1. The van der Waals surface area contributed by atoms with Gasteiger partial charge in [-0.1, -0.05) is 0 Å². The number of aliphatic hydroxyl groups is 2. The normalized spacial score (nSPS) is 31.8. The molecule has 1 aliphatic rings. The number of aliphatic hydroxyl groups excluding tert-OH is 1. The number of H-pyrrole nitrogens is 1. The number of rotatable bonds is 2. The molecule has 100 valence electrons. The Morgan fingerprint density at radius 2 is 2.33 bits per heavy atom. The zero-order valence-electron chi connectivity index (χ0n) is 8.97. The Hall–Kier alpha value is -0.780. The van der Waals surface area contributed by atoms with E-state index in [0.717, 1.165) is 10.8 Å². The van der Waals surface area contributed by atoms with Gasteiger partial charge in [0.15, 0.2) is 6.23 Å². The number of nitrogens with zero attached hydrogens (tertiary/aromatic N) is 1. The van der Waals surface area contributed by atoms with Crippen LogP contribution in [-0.4, -0.2) is 38.3 Å². The third kappa shape index (κ3) is 2.35. The third-order valence-electron chi connectivity index (χ3n) is 2.59. The van der Waals surface area contributed by atoms with Crippen molar-refractivity contribution in [2.45, 2.75) is 24.6 Å². The van der Waals surface area contributed by atoms with E-state index >= 15 is 0 Å². The molecule has 2 heterocycles. The average molecular weight is 372 g/mol. The Kier molecular flexibility index (Phi) is 3.58. The van der Waals surface area contributed by atoms with Crippen LogP contribution in [0.25, 0.3) is 0 Å². The first-order valence-electron chi connectivity index (χ1n) is 5.03. The summed E-state index contributed by atoms with van der Waals surface area (Å²) < 4.78 is 19.8. The van der Waals surface area contributed by atoms with Crippen LogP contribution < -0.4 is 11.2 Å². The second-order valence-electron chi connectivity index (χ2n) is 3.96. The molecule has 1 saturated heterocycles. The molecule has 0 unspecified atom stereocenters. The van der Waals surface area contributed by atoms with E-state index < -0.39 is 42.5 Å². The highest BCUT2D eigenvalue weighted by molar-refractivity contribution is 14.1. The molecule has 1 aromatic rings. The molecule has 0 aromatic carbocycles. The molecule has 0 saturated carbocycles. The number of nitrogens with one attached hydrogen (secondary N) is 1. The molecule has 18 heavy (non-hydrogen) atoms. The molecule has 3 atom stereocenters. The molecule has 0 bridgehead atoms. The first-order valence-corrected chi connectivity index (χ1v) is 6.11. The van der Waals surface area contributed by atoms with Gasteiger partial charge >= 0.3 is 5.69 Å². The van der Waals surface area contributed by atoms with Gasteiger partial charge in [-0.15, -0.1) is 0 Å². The summed E-state index contributed by atoms with van der Waals surface area (Å²) in [5.74, 6) is -2.78. The molecule has 0 amide bonds. The molecule has 9 heteroatoms. The number of aromatic nitrogens is 2. The van der Waals surface area contributed by atoms with Crippen LogP contribution in [0.2, 0.25) is 0 Å². The summed E-state index contributed by atoms with van der Waals surface area (Å²) in [6.45, 7) is -0.474. The van der Waals surface area contributed by atoms with Crippen LogP contribution in [0.15, 0.2) is 15.8 Å². The Labute approximate surface area is 113 Å².